The molecule has 0 amide bonds. The van der Waals surface area contributed by atoms with E-state index in [1.54, 1.807) is 0 Å². The number of halogens is 5. The first-order valence-corrected chi connectivity index (χ1v) is 6.90. The lowest BCUT2D eigenvalue weighted by atomic mass is 10.1. The SMILES string of the molecule is CC(=O)OC(F)CCCCCCC/C=C\C(F)(F)C(F)F. The minimum Gasteiger partial charge on any atom is -0.431 e. The van der Waals surface area contributed by atoms with Gasteiger partial charge in [0.05, 0.1) is 0 Å². The van der Waals surface area contributed by atoms with Crippen molar-refractivity contribution in [3.8, 4) is 0 Å². The molecule has 0 aliphatic rings. The first-order chi connectivity index (χ1) is 9.75. The summed E-state index contributed by atoms with van der Waals surface area (Å²) < 4.78 is 65.8. The normalized spacial score (nSPS) is 13.9. The Bertz CT molecular complexity index is 318. The molecule has 2 nitrogen and oxygen atoms in total. The van der Waals surface area contributed by atoms with E-state index in [1.807, 2.05) is 0 Å². The van der Waals surface area contributed by atoms with Gasteiger partial charge in [0.25, 0.3) is 0 Å². The predicted molar refractivity (Wildman–Crippen MR) is 69.1 cm³/mol. The average Bonchev–Trinajstić information content (AvgIpc) is 2.35. The minimum absolute atomic E-state index is 0.139. The van der Waals surface area contributed by atoms with Crippen LogP contribution >= 0.6 is 0 Å². The summed E-state index contributed by atoms with van der Waals surface area (Å²) in [6.45, 7) is 1.14. The van der Waals surface area contributed by atoms with Gasteiger partial charge in [-0.2, -0.15) is 8.78 Å². The Labute approximate surface area is 121 Å². The van der Waals surface area contributed by atoms with Crippen LogP contribution in [0.2, 0.25) is 0 Å². The minimum atomic E-state index is -4.06. The van der Waals surface area contributed by atoms with E-state index >= 15 is 0 Å². The molecular formula is C14H21F5O2. The van der Waals surface area contributed by atoms with Crippen LogP contribution in [0.25, 0.3) is 0 Å². The van der Waals surface area contributed by atoms with Crippen molar-refractivity contribution in [1.82, 2.24) is 0 Å². The fourth-order valence-electron chi connectivity index (χ4n) is 1.65. The van der Waals surface area contributed by atoms with Crippen molar-refractivity contribution in [3.63, 3.8) is 0 Å². The van der Waals surface area contributed by atoms with Gasteiger partial charge < -0.3 is 4.74 Å². The second-order valence-corrected chi connectivity index (χ2v) is 4.74. The quantitative estimate of drug-likeness (QED) is 0.231. The third kappa shape index (κ3) is 11.2. The highest BCUT2D eigenvalue weighted by Gasteiger charge is 2.37. The summed E-state index contributed by atoms with van der Waals surface area (Å²) in [5.41, 5.74) is 0. The smallest absolute Gasteiger partial charge is 0.325 e. The Balaban J connectivity index is 3.49. The summed E-state index contributed by atoms with van der Waals surface area (Å²) in [6.07, 6.45) is -0.0792. The second-order valence-electron chi connectivity index (χ2n) is 4.74. The molecule has 124 valence electrons. The van der Waals surface area contributed by atoms with Crippen LogP contribution in [0.15, 0.2) is 12.2 Å². The summed E-state index contributed by atoms with van der Waals surface area (Å²) in [5, 5.41) is 0. The van der Waals surface area contributed by atoms with Crippen LogP contribution in [0.3, 0.4) is 0 Å². The van der Waals surface area contributed by atoms with Gasteiger partial charge in [-0.3, -0.25) is 4.79 Å². The topological polar surface area (TPSA) is 26.3 Å². The molecule has 21 heavy (non-hydrogen) atoms. The van der Waals surface area contributed by atoms with Crippen LogP contribution < -0.4 is 0 Å². The van der Waals surface area contributed by atoms with Crippen molar-refractivity contribution in [3.05, 3.63) is 12.2 Å². The first kappa shape index (κ1) is 19.9. The molecule has 0 bridgehead atoms. The third-order valence-corrected chi connectivity index (χ3v) is 2.73. The number of alkyl halides is 5. The molecule has 0 saturated carbocycles. The van der Waals surface area contributed by atoms with E-state index in [9.17, 15) is 26.7 Å². The van der Waals surface area contributed by atoms with E-state index < -0.39 is 24.7 Å². The molecule has 0 aliphatic carbocycles. The van der Waals surface area contributed by atoms with Crippen LogP contribution in [0.5, 0.6) is 0 Å². The van der Waals surface area contributed by atoms with Crippen molar-refractivity contribution in [2.24, 2.45) is 0 Å². The summed E-state index contributed by atoms with van der Waals surface area (Å²) in [5.74, 6) is -4.72. The maximum absolute atomic E-state index is 12.9. The maximum atomic E-state index is 12.9. The number of carbonyl (C=O) groups excluding carboxylic acids is 1. The van der Waals surface area contributed by atoms with Crippen LogP contribution in [0.1, 0.15) is 51.9 Å². The first-order valence-electron chi connectivity index (χ1n) is 6.90. The van der Waals surface area contributed by atoms with Crippen molar-refractivity contribution in [2.45, 2.75) is 70.6 Å². The Morgan fingerprint density at radius 2 is 1.67 bits per heavy atom. The summed E-state index contributed by atoms with van der Waals surface area (Å²) in [6, 6.07) is 0. The zero-order chi connectivity index (χ0) is 16.3. The van der Waals surface area contributed by atoms with Gasteiger partial charge in [-0.15, -0.1) is 0 Å². The largest absolute Gasteiger partial charge is 0.431 e. The molecule has 0 fully saturated rings. The molecule has 0 aromatic rings. The molecule has 0 heterocycles. The zero-order valence-corrected chi connectivity index (χ0v) is 12.0. The van der Waals surface area contributed by atoms with Gasteiger partial charge in [0.1, 0.15) is 0 Å². The average molecular weight is 316 g/mol. The highest BCUT2D eigenvalue weighted by molar-refractivity contribution is 5.65. The van der Waals surface area contributed by atoms with Crippen molar-refractivity contribution < 1.29 is 31.5 Å². The lowest BCUT2D eigenvalue weighted by molar-refractivity contribution is -0.155. The highest BCUT2D eigenvalue weighted by atomic mass is 19.3. The third-order valence-electron chi connectivity index (χ3n) is 2.73. The molecular weight excluding hydrogens is 295 g/mol. The summed E-state index contributed by atoms with van der Waals surface area (Å²) >= 11 is 0. The highest BCUT2D eigenvalue weighted by Crippen LogP contribution is 2.24. The van der Waals surface area contributed by atoms with Crippen molar-refractivity contribution >= 4 is 5.97 Å². The number of rotatable bonds is 11. The van der Waals surface area contributed by atoms with Crippen LogP contribution in [0, 0.1) is 0 Å². The zero-order valence-electron chi connectivity index (χ0n) is 12.0. The molecule has 0 saturated heterocycles. The molecule has 1 atom stereocenters. The number of hydrogen-bond donors (Lipinski definition) is 0. The van der Waals surface area contributed by atoms with Gasteiger partial charge in [0.15, 0.2) is 0 Å². The molecule has 0 aromatic carbocycles. The summed E-state index contributed by atoms with van der Waals surface area (Å²) in [7, 11) is 0. The van der Waals surface area contributed by atoms with Gasteiger partial charge in [-0.25, -0.2) is 13.2 Å². The van der Waals surface area contributed by atoms with E-state index in [4.69, 9.17) is 0 Å². The Morgan fingerprint density at radius 1 is 1.10 bits per heavy atom. The van der Waals surface area contributed by atoms with E-state index in [0.717, 1.165) is 32.3 Å². The fraction of sp³-hybridized carbons (Fsp3) is 0.786. The van der Waals surface area contributed by atoms with E-state index in [1.165, 1.54) is 0 Å². The second kappa shape index (κ2) is 10.6. The van der Waals surface area contributed by atoms with Gasteiger partial charge >= 0.3 is 18.3 Å². The molecule has 0 N–H and O–H groups in total. The van der Waals surface area contributed by atoms with Gasteiger partial charge in [-0.1, -0.05) is 25.3 Å². The predicted octanol–water partition coefficient (Wildman–Crippen LogP) is 5.03. The Hall–Kier alpha value is -1.14. The number of hydrogen-bond acceptors (Lipinski definition) is 2. The Kier molecular flexibility index (Phi) is 9.99. The van der Waals surface area contributed by atoms with Crippen LogP contribution in [0.4, 0.5) is 22.0 Å². The van der Waals surface area contributed by atoms with Crippen LogP contribution in [-0.2, 0) is 9.53 Å². The van der Waals surface area contributed by atoms with Gasteiger partial charge in [0, 0.05) is 13.3 Å². The molecule has 0 radical (unpaired) electrons. The standard InChI is InChI=1S/C14H21F5O2/c1-11(20)21-12(15)9-7-5-3-2-4-6-8-10-14(18,19)13(16)17/h8,10,12-13H,2-7,9H2,1H3/b10-8-. The number of esters is 1. The monoisotopic (exact) mass is 316 g/mol. The molecule has 1 unspecified atom stereocenters. The fourth-order valence-corrected chi connectivity index (χ4v) is 1.65. The molecule has 7 heteroatoms. The lowest BCUT2D eigenvalue weighted by Crippen LogP contribution is -2.22. The molecule has 0 spiro atoms. The van der Waals surface area contributed by atoms with Gasteiger partial charge in [0.2, 0.25) is 6.36 Å². The summed E-state index contributed by atoms with van der Waals surface area (Å²) in [4.78, 5) is 10.4. The molecule has 0 aromatic heterocycles. The number of ether oxygens (including phenoxy) is 1. The van der Waals surface area contributed by atoms with E-state index in [-0.39, 0.29) is 12.5 Å². The lowest BCUT2D eigenvalue weighted by Gasteiger charge is -2.09. The van der Waals surface area contributed by atoms with Crippen molar-refractivity contribution in [2.75, 3.05) is 0 Å². The maximum Gasteiger partial charge on any atom is 0.325 e. The van der Waals surface area contributed by atoms with Crippen molar-refractivity contribution in [1.29, 1.82) is 0 Å². The molecule has 0 aliphatic heterocycles. The van der Waals surface area contributed by atoms with Gasteiger partial charge in [-0.05, 0) is 25.3 Å². The van der Waals surface area contributed by atoms with E-state index in [0.29, 0.717) is 19.3 Å². The van der Waals surface area contributed by atoms with E-state index in [2.05, 4.69) is 4.74 Å². The molecule has 0 rings (SSSR count). The number of allylic oxidation sites excluding steroid dienone is 2. The Morgan fingerprint density at radius 3 is 2.24 bits per heavy atom. The number of carbonyl (C=O) groups is 1. The number of unbranched alkanes of at least 4 members (excludes halogenated alkanes) is 5. The van der Waals surface area contributed by atoms with Crippen LogP contribution in [-0.4, -0.2) is 24.7 Å².